The Morgan fingerprint density at radius 2 is 2.00 bits per heavy atom. The number of rotatable bonds is 3. The van der Waals surface area contributed by atoms with Gasteiger partial charge >= 0.3 is 0 Å². The third-order valence-corrected chi connectivity index (χ3v) is 10.2. The second kappa shape index (κ2) is 6.41. The minimum Gasteiger partial charge on any atom is -0.381 e. The third-order valence-electron chi connectivity index (χ3n) is 8.69. The summed E-state index contributed by atoms with van der Waals surface area (Å²) < 4.78 is 5.92. The summed E-state index contributed by atoms with van der Waals surface area (Å²) in [7, 11) is 1.87. The SMILES string of the molecule is CO[C@H]1CC[C@@]2(C)C(=CCC3C2CC[C@@]2(SC)C3CC[C@@H]2C(C)=O)C1. The van der Waals surface area contributed by atoms with Crippen molar-refractivity contribution in [3.63, 3.8) is 0 Å². The van der Waals surface area contributed by atoms with E-state index in [0.29, 0.717) is 23.2 Å². The number of hydrogen-bond acceptors (Lipinski definition) is 3. The summed E-state index contributed by atoms with van der Waals surface area (Å²) in [6, 6.07) is 0. The second-order valence-corrected chi connectivity index (χ2v) is 10.5. The molecule has 0 heterocycles. The van der Waals surface area contributed by atoms with E-state index in [1.165, 1.54) is 38.5 Å². The van der Waals surface area contributed by atoms with Crippen LogP contribution < -0.4 is 0 Å². The number of hydrogen-bond donors (Lipinski definition) is 0. The minimum absolute atomic E-state index is 0.235. The van der Waals surface area contributed by atoms with Gasteiger partial charge in [0.15, 0.2) is 0 Å². The number of thioether (sulfide) groups is 1. The van der Waals surface area contributed by atoms with E-state index in [1.807, 2.05) is 25.8 Å². The van der Waals surface area contributed by atoms with Crippen molar-refractivity contribution in [1.82, 2.24) is 0 Å². The van der Waals surface area contributed by atoms with Crippen LogP contribution in [0, 0.1) is 29.1 Å². The molecule has 0 saturated heterocycles. The van der Waals surface area contributed by atoms with Gasteiger partial charge in [0.2, 0.25) is 0 Å². The molecule has 3 saturated carbocycles. The monoisotopic (exact) mass is 362 g/mol. The lowest BCUT2D eigenvalue weighted by atomic mass is 9.50. The molecule has 0 aromatic rings. The standard InChI is InChI=1S/C22H34O2S/c1-14(23)18-7-8-20-17-6-5-15-13-16(24-3)9-11-21(15,2)19(17)10-12-22(18,20)25-4/h5,16-20H,6-13H2,1-4H3/t16-,17?,18+,19?,20?,21-,22-/m0/s1. The van der Waals surface area contributed by atoms with E-state index in [4.69, 9.17) is 4.74 Å². The zero-order valence-corrected chi connectivity index (χ0v) is 17.2. The molecule has 0 N–H and O–H groups in total. The molecule has 0 amide bonds. The summed E-state index contributed by atoms with van der Waals surface area (Å²) in [6.07, 6.45) is 15.1. The average Bonchev–Trinajstić information content (AvgIpc) is 3.01. The van der Waals surface area contributed by atoms with Gasteiger partial charge in [-0.1, -0.05) is 18.6 Å². The van der Waals surface area contributed by atoms with Crippen molar-refractivity contribution in [2.24, 2.45) is 29.1 Å². The van der Waals surface area contributed by atoms with Gasteiger partial charge < -0.3 is 4.74 Å². The fourth-order valence-electron chi connectivity index (χ4n) is 7.39. The number of methoxy groups -OCH3 is 1. The average molecular weight is 363 g/mol. The van der Waals surface area contributed by atoms with E-state index in [0.717, 1.165) is 30.6 Å². The van der Waals surface area contributed by atoms with E-state index in [2.05, 4.69) is 19.3 Å². The molecule has 4 rings (SSSR count). The molecule has 0 aromatic heterocycles. The van der Waals surface area contributed by atoms with Gasteiger partial charge in [-0.15, -0.1) is 0 Å². The number of fused-ring (bicyclic) bond motifs is 5. The van der Waals surface area contributed by atoms with Crippen molar-refractivity contribution < 1.29 is 9.53 Å². The molecule has 3 fully saturated rings. The number of allylic oxidation sites excluding steroid dienone is 1. The van der Waals surface area contributed by atoms with Crippen LogP contribution in [-0.2, 0) is 9.53 Å². The molecule has 4 aliphatic carbocycles. The van der Waals surface area contributed by atoms with Gasteiger partial charge in [-0.3, -0.25) is 4.79 Å². The lowest BCUT2D eigenvalue weighted by molar-refractivity contribution is -0.122. The van der Waals surface area contributed by atoms with Crippen LogP contribution in [0.5, 0.6) is 0 Å². The summed E-state index contributed by atoms with van der Waals surface area (Å²) in [5, 5.41) is 0. The first-order valence-corrected chi connectivity index (χ1v) is 11.5. The Kier molecular flexibility index (Phi) is 4.64. The fourth-order valence-corrected chi connectivity index (χ4v) is 8.87. The summed E-state index contributed by atoms with van der Waals surface area (Å²) >= 11 is 2.03. The first-order chi connectivity index (χ1) is 12.0. The van der Waals surface area contributed by atoms with Gasteiger partial charge in [0.25, 0.3) is 0 Å². The van der Waals surface area contributed by atoms with Crippen LogP contribution in [0.25, 0.3) is 0 Å². The number of ketones is 1. The maximum absolute atomic E-state index is 12.3. The first kappa shape index (κ1) is 18.1. The molecule has 0 radical (unpaired) electrons. The number of ether oxygens (including phenoxy) is 1. The van der Waals surface area contributed by atoms with Crippen molar-refractivity contribution in [1.29, 1.82) is 0 Å². The van der Waals surface area contributed by atoms with Gasteiger partial charge in [0, 0.05) is 17.8 Å². The minimum atomic E-state index is 0.235. The van der Waals surface area contributed by atoms with Gasteiger partial charge in [-0.05, 0) is 87.7 Å². The molecule has 0 bridgehead atoms. The van der Waals surface area contributed by atoms with Crippen LogP contribution in [-0.4, -0.2) is 30.0 Å². The molecule has 0 aromatic carbocycles. The van der Waals surface area contributed by atoms with Gasteiger partial charge in [-0.25, -0.2) is 0 Å². The Morgan fingerprint density at radius 1 is 1.20 bits per heavy atom. The molecule has 140 valence electrons. The number of carbonyl (C=O) groups excluding carboxylic acids is 1. The maximum Gasteiger partial charge on any atom is 0.134 e. The Bertz CT molecular complexity index is 585. The first-order valence-electron chi connectivity index (χ1n) is 10.2. The van der Waals surface area contributed by atoms with E-state index in [1.54, 1.807) is 5.57 Å². The molecule has 7 atom stereocenters. The number of carbonyl (C=O) groups is 1. The summed E-state index contributed by atoms with van der Waals surface area (Å²) in [6.45, 7) is 4.38. The predicted molar refractivity (Wildman–Crippen MR) is 105 cm³/mol. The zero-order chi connectivity index (χ0) is 17.8. The highest BCUT2D eigenvalue weighted by molar-refractivity contribution is 8.00. The van der Waals surface area contributed by atoms with Crippen molar-refractivity contribution in [2.45, 2.75) is 76.1 Å². The highest BCUT2D eigenvalue weighted by Crippen LogP contribution is 2.66. The number of Topliss-reactive ketones (excluding diaryl/α,β-unsaturated/α-hetero) is 1. The smallest absolute Gasteiger partial charge is 0.134 e. The lowest BCUT2D eigenvalue weighted by Gasteiger charge is -2.58. The molecule has 0 aliphatic heterocycles. The maximum atomic E-state index is 12.3. The van der Waals surface area contributed by atoms with Crippen LogP contribution in [0.15, 0.2) is 11.6 Å². The van der Waals surface area contributed by atoms with Crippen molar-refractivity contribution in [2.75, 3.05) is 13.4 Å². The van der Waals surface area contributed by atoms with Crippen LogP contribution in [0.1, 0.15) is 65.2 Å². The van der Waals surface area contributed by atoms with Gasteiger partial charge in [0.1, 0.15) is 5.78 Å². The second-order valence-electron chi connectivity index (χ2n) is 9.30. The highest BCUT2D eigenvalue weighted by atomic mass is 32.2. The molecule has 4 aliphatic rings. The molecular weight excluding hydrogens is 328 g/mol. The fraction of sp³-hybridized carbons (Fsp3) is 0.864. The van der Waals surface area contributed by atoms with Crippen LogP contribution >= 0.6 is 11.8 Å². The molecule has 25 heavy (non-hydrogen) atoms. The lowest BCUT2D eigenvalue weighted by Crippen LogP contribution is -2.53. The normalized spacial score (nSPS) is 49.0. The zero-order valence-electron chi connectivity index (χ0n) is 16.3. The van der Waals surface area contributed by atoms with Crippen LogP contribution in [0.2, 0.25) is 0 Å². The van der Waals surface area contributed by atoms with E-state index >= 15 is 0 Å². The van der Waals surface area contributed by atoms with Crippen LogP contribution in [0.4, 0.5) is 0 Å². The largest absolute Gasteiger partial charge is 0.381 e. The van der Waals surface area contributed by atoms with E-state index in [-0.39, 0.29) is 4.75 Å². The predicted octanol–water partition coefficient (Wildman–Crippen LogP) is 5.26. The van der Waals surface area contributed by atoms with Crippen molar-refractivity contribution >= 4 is 17.5 Å². The third kappa shape index (κ3) is 2.51. The molecule has 2 nitrogen and oxygen atoms in total. The summed E-state index contributed by atoms with van der Waals surface area (Å²) in [5.41, 5.74) is 2.07. The van der Waals surface area contributed by atoms with Gasteiger partial charge in [-0.2, -0.15) is 11.8 Å². The Morgan fingerprint density at radius 3 is 2.68 bits per heavy atom. The molecule has 0 spiro atoms. The van der Waals surface area contributed by atoms with Crippen molar-refractivity contribution in [3.8, 4) is 0 Å². The quantitative estimate of drug-likeness (QED) is 0.640. The Labute approximate surface area is 157 Å². The van der Waals surface area contributed by atoms with E-state index < -0.39 is 0 Å². The highest BCUT2D eigenvalue weighted by Gasteiger charge is 2.61. The van der Waals surface area contributed by atoms with E-state index in [9.17, 15) is 4.79 Å². The topological polar surface area (TPSA) is 26.3 Å². The Hall–Kier alpha value is -0.280. The summed E-state index contributed by atoms with van der Waals surface area (Å²) in [5.74, 6) is 3.09. The van der Waals surface area contributed by atoms with Crippen LogP contribution in [0.3, 0.4) is 0 Å². The molecular formula is C22H34O2S. The van der Waals surface area contributed by atoms with Gasteiger partial charge in [0.05, 0.1) is 6.10 Å². The molecule has 3 heteroatoms. The van der Waals surface area contributed by atoms with Crippen molar-refractivity contribution in [3.05, 3.63) is 11.6 Å². The Balaban J connectivity index is 1.65. The molecule has 3 unspecified atom stereocenters. The summed E-state index contributed by atoms with van der Waals surface area (Å²) in [4.78, 5) is 12.3.